The van der Waals surface area contributed by atoms with Gasteiger partial charge in [-0.05, 0) is 37.8 Å². The Balaban J connectivity index is 2.49. The molecule has 0 bridgehead atoms. The van der Waals surface area contributed by atoms with Crippen LogP contribution in [0.5, 0.6) is 0 Å². The van der Waals surface area contributed by atoms with Crippen molar-refractivity contribution in [2.75, 3.05) is 13.2 Å². The molecular weight excluding hydrogens is 228 g/mol. The Hall–Kier alpha value is -1.42. The third-order valence-corrected chi connectivity index (χ3v) is 2.94. The Bertz CT molecular complexity index is 374. The number of carbonyl (C=O) groups excluding carboxylic acids is 1. The molecule has 0 spiro atoms. The van der Waals surface area contributed by atoms with Crippen molar-refractivity contribution < 1.29 is 9.90 Å². The van der Waals surface area contributed by atoms with Crippen LogP contribution < -0.4 is 5.32 Å². The summed E-state index contributed by atoms with van der Waals surface area (Å²) in [5.74, 6) is 0.284. The number of rotatable bonds is 7. The summed E-state index contributed by atoms with van der Waals surface area (Å²) < 4.78 is 0. The van der Waals surface area contributed by atoms with Crippen molar-refractivity contribution in [3.63, 3.8) is 0 Å². The molecule has 4 heteroatoms. The molecule has 1 unspecified atom stereocenters. The highest BCUT2D eigenvalue weighted by Gasteiger charge is 2.10. The molecule has 0 aliphatic rings. The first-order valence-corrected chi connectivity index (χ1v) is 6.49. The summed E-state index contributed by atoms with van der Waals surface area (Å²) in [6.45, 7) is 4.77. The molecule has 4 nitrogen and oxygen atoms in total. The van der Waals surface area contributed by atoms with E-state index in [1.165, 1.54) is 0 Å². The van der Waals surface area contributed by atoms with Crippen molar-refractivity contribution in [3.8, 4) is 0 Å². The standard InChI is InChI=1S/C14H22N2O2/c1-3-4-12(6-8-17)10-16-14(18)13-5-7-15-11(2)9-13/h5,7,9,12,17H,3-4,6,8,10H2,1-2H3,(H,16,18). The van der Waals surface area contributed by atoms with E-state index in [-0.39, 0.29) is 12.5 Å². The van der Waals surface area contributed by atoms with Crippen molar-refractivity contribution >= 4 is 5.91 Å². The van der Waals surface area contributed by atoms with Gasteiger partial charge in [-0.1, -0.05) is 13.3 Å². The molecule has 0 aliphatic carbocycles. The van der Waals surface area contributed by atoms with Gasteiger partial charge in [-0.3, -0.25) is 9.78 Å². The van der Waals surface area contributed by atoms with Crippen molar-refractivity contribution in [3.05, 3.63) is 29.6 Å². The van der Waals surface area contributed by atoms with Gasteiger partial charge < -0.3 is 10.4 Å². The van der Waals surface area contributed by atoms with Crippen molar-refractivity contribution in [2.24, 2.45) is 5.92 Å². The first-order valence-electron chi connectivity index (χ1n) is 6.49. The molecule has 18 heavy (non-hydrogen) atoms. The SMILES string of the molecule is CCCC(CCO)CNC(=O)c1ccnc(C)c1. The number of nitrogens with zero attached hydrogens (tertiary/aromatic N) is 1. The van der Waals surface area contributed by atoms with Gasteiger partial charge in [0.2, 0.25) is 0 Å². The zero-order chi connectivity index (χ0) is 13.4. The number of amides is 1. The Morgan fingerprint density at radius 3 is 2.89 bits per heavy atom. The van der Waals surface area contributed by atoms with Crippen molar-refractivity contribution in [2.45, 2.75) is 33.1 Å². The maximum Gasteiger partial charge on any atom is 0.251 e. The first kappa shape index (κ1) is 14.6. The summed E-state index contributed by atoms with van der Waals surface area (Å²) in [7, 11) is 0. The van der Waals surface area contributed by atoms with Crippen LogP contribution in [0, 0.1) is 12.8 Å². The van der Waals surface area contributed by atoms with Gasteiger partial charge in [-0.2, -0.15) is 0 Å². The molecule has 0 radical (unpaired) electrons. The second kappa shape index (κ2) is 7.82. The molecule has 2 N–H and O–H groups in total. The summed E-state index contributed by atoms with van der Waals surface area (Å²) in [6.07, 6.45) is 4.47. The van der Waals surface area contributed by atoms with Gasteiger partial charge >= 0.3 is 0 Å². The molecule has 0 saturated carbocycles. The van der Waals surface area contributed by atoms with Gasteiger partial charge in [0.25, 0.3) is 5.91 Å². The average molecular weight is 250 g/mol. The molecular formula is C14H22N2O2. The van der Waals surface area contributed by atoms with Crippen LogP contribution in [0.25, 0.3) is 0 Å². The number of aliphatic hydroxyl groups is 1. The van der Waals surface area contributed by atoms with Crippen molar-refractivity contribution in [1.82, 2.24) is 10.3 Å². The van der Waals surface area contributed by atoms with Gasteiger partial charge in [0.1, 0.15) is 0 Å². The lowest BCUT2D eigenvalue weighted by Gasteiger charge is -2.15. The van der Waals surface area contributed by atoms with E-state index in [0.29, 0.717) is 18.0 Å². The van der Waals surface area contributed by atoms with Crippen molar-refractivity contribution in [1.29, 1.82) is 0 Å². The second-order valence-corrected chi connectivity index (χ2v) is 4.56. The Kier molecular flexibility index (Phi) is 6.36. The zero-order valence-corrected chi connectivity index (χ0v) is 11.1. The highest BCUT2D eigenvalue weighted by molar-refractivity contribution is 5.94. The molecule has 1 aromatic heterocycles. The molecule has 1 amide bonds. The van der Waals surface area contributed by atoms with Gasteiger partial charge in [-0.25, -0.2) is 0 Å². The first-order chi connectivity index (χ1) is 8.67. The lowest BCUT2D eigenvalue weighted by atomic mass is 10.00. The van der Waals surface area contributed by atoms with Crippen LogP contribution >= 0.6 is 0 Å². The summed E-state index contributed by atoms with van der Waals surface area (Å²) in [4.78, 5) is 16.0. The topological polar surface area (TPSA) is 62.2 Å². The summed E-state index contributed by atoms with van der Waals surface area (Å²) >= 11 is 0. The number of aromatic nitrogens is 1. The molecule has 100 valence electrons. The molecule has 1 heterocycles. The molecule has 1 rings (SSSR count). The normalized spacial score (nSPS) is 12.2. The van der Waals surface area contributed by atoms with Crippen LogP contribution in [0.1, 0.15) is 42.2 Å². The maximum absolute atomic E-state index is 11.9. The number of nitrogens with one attached hydrogen (secondary N) is 1. The fourth-order valence-corrected chi connectivity index (χ4v) is 1.97. The molecule has 1 atom stereocenters. The Labute approximate surface area is 108 Å². The second-order valence-electron chi connectivity index (χ2n) is 4.56. The summed E-state index contributed by atoms with van der Waals surface area (Å²) in [6, 6.07) is 3.49. The number of aliphatic hydroxyl groups excluding tert-OH is 1. The van der Waals surface area contributed by atoms with E-state index in [0.717, 1.165) is 25.0 Å². The quantitative estimate of drug-likeness (QED) is 0.777. The lowest BCUT2D eigenvalue weighted by Crippen LogP contribution is -2.29. The monoisotopic (exact) mass is 250 g/mol. The fourth-order valence-electron chi connectivity index (χ4n) is 1.97. The smallest absolute Gasteiger partial charge is 0.251 e. The average Bonchev–Trinajstić information content (AvgIpc) is 2.36. The van der Waals surface area contributed by atoms with E-state index in [1.54, 1.807) is 18.3 Å². The third-order valence-electron chi connectivity index (χ3n) is 2.94. The van der Waals surface area contributed by atoms with Crippen LogP contribution in [-0.2, 0) is 0 Å². The highest BCUT2D eigenvalue weighted by atomic mass is 16.3. The predicted molar refractivity (Wildman–Crippen MR) is 71.4 cm³/mol. The number of hydrogen-bond acceptors (Lipinski definition) is 3. The van der Waals surface area contributed by atoms with E-state index in [9.17, 15) is 4.79 Å². The van der Waals surface area contributed by atoms with E-state index < -0.39 is 0 Å². The minimum Gasteiger partial charge on any atom is -0.396 e. The summed E-state index contributed by atoms with van der Waals surface area (Å²) in [5, 5.41) is 11.9. The van der Waals surface area contributed by atoms with Crippen LogP contribution in [-0.4, -0.2) is 29.1 Å². The maximum atomic E-state index is 11.9. The number of aryl methyl sites for hydroxylation is 1. The molecule has 1 aromatic rings. The molecule has 0 aromatic carbocycles. The molecule has 0 aliphatic heterocycles. The van der Waals surface area contributed by atoms with E-state index >= 15 is 0 Å². The van der Waals surface area contributed by atoms with E-state index in [4.69, 9.17) is 5.11 Å². The number of carbonyl (C=O) groups is 1. The van der Waals surface area contributed by atoms with Gasteiger partial charge in [0.15, 0.2) is 0 Å². The number of pyridine rings is 1. The lowest BCUT2D eigenvalue weighted by molar-refractivity contribution is 0.0942. The molecule has 0 fully saturated rings. The van der Waals surface area contributed by atoms with Crippen LogP contribution in [0.3, 0.4) is 0 Å². The zero-order valence-electron chi connectivity index (χ0n) is 11.1. The third kappa shape index (κ3) is 4.84. The van der Waals surface area contributed by atoms with Gasteiger partial charge in [0, 0.05) is 30.6 Å². The minimum absolute atomic E-state index is 0.0699. The minimum atomic E-state index is -0.0699. The Morgan fingerprint density at radius 2 is 2.28 bits per heavy atom. The largest absolute Gasteiger partial charge is 0.396 e. The summed E-state index contributed by atoms with van der Waals surface area (Å²) in [5.41, 5.74) is 1.48. The van der Waals surface area contributed by atoms with Gasteiger partial charge in [0.05, 0.1) is 0 Å². The number of hydrogen-bond donors (Lipinski definition) is 2. The van der Waals surface area contributed by atoms with Gasteiger partial charge in [-0.15, -0.1) is 0 Å². The van der Waals surface area contributed by atoms with E-state index in [2.05, 4.69) is 17.2 Å². The van der Waals surface area contributed by atoms with Crippen LogP contribution in [0.15, 0.2) is 18.3 Å². The fraction of sp³-hybridized carbons (Fsp3) is 0.571. The van der Waals surface area contributed by atoms with Crippen LogP contribution in [0.4, 0.5) is 0 Å². The van der Waals surface area contributed by atoms with Crippen LogP contribution in [0.2, 0.25) is 0 Å². The highest BCUT2D eigenvalue weighted by Crippen LogP contribution is 2.10. The Morgan fingerprint density at radius 1 is 1.50 bits per heavy atom. The van der Waals surface area contributed by atoms with E-state index in [1.807, 2.05) is 6.92 Å². The predicted octanol–water partition coefficient (Wildman–Crippen LogP) is 1.92. The molecule has 0 saturated heterocycles.